The van der Waals surface area contributed by atoms with Crippen molar-refractivity contribution in [2.45, 2.75) is 39.7 Å². The van der Waals surface area contributed by atoms with Crippen molar-refractivity contribution < 1.29 is 23.9 Å². The van der Waals surface area contributed by atoms with Gasteiger partial charge >= 0.3 is 11.9 Å². The minimum atomic E-state index is -1.24. The summed E-state index contributed by atoms with van der Waals surface area (Å²) < 4.78 is 10.0. The van der Waals surface area contributed by atoms with Crippen molar-refractivity contribution >= 4 is 18.2 Å². The van der Waals surface area contributed by atoms with Crippen molar-refractivity contribution in [1.82, 2.24) is 0 Å². The molecular formula is C14H18O5. The molecule has 0 N–H and O–H groups in total. The Kier molecular flexibility index (Phi) is 3.03. The van der Waals surface area contributed by atoms with Crippen LogP contribution in [0.15, 0.2) is 11.1 Å². The summed E-state index contributed by atoms with van der Waals surface area (Å²) in [6, 6.07) is 0. The minimum absolute atomic E-state index is 0.113. The van der Waals surface area contributed by atoms with E-state index in [0.717, 1.165) is 5.57 Å². The lowest BCUT2D eigenvalue weighted by Gasteiger charge is -2.25. The number of rotatable bonds is 2. The second kappa shape index (κ2) is 4.18. The summed E-state index contributed by atoms with van der Waals surface area (Å²) in [5, 5.41) is 0. The maximum absolute atomic E-state index is 12.2. The fourth-order valence-electron chi connectivity index (χ4n) is 3.07. The molecule has 0 amide bonds. The monoisotopic (exact) mass is 266 g/mol. The molecule has 5 heteroatoms. The van der Waals surface area contributed by atoms with Crippen LogP contribution in [0, 0.1) is 10.8 Å². The van der Waals surface area contributed by atoms with E-state index in [1.807, 2.05) is 20.8 Å². The van der Waals surface area contributed by atoms with Gasteiger partial charge in [0.1, 0.15) is 17.8 Å². The Hall–Kier alpha value is -1.65. The Balaban J connectivity index is 2.62. The summed E-state index contributed by atoms with van der Waals surface area (Å²) in [5.41, 5.74) is -0.266. The van der Waals surface area contributed by atoms with Crippen LogP contribution in [0.3, 0.4) is 0 Å². The first kappa shape index (κ1) is 13.8. The van der Waals surface area contributed by atoms with E-state index in [4.69, 9.17) is 9.47 Å². The summed E-state index contributed by atoms with van der Waals surface area (Å²) in [6.07, 6.45) is 0.373. The van der Waals surface area contributed by atoms with Gasteiger partial charge in [-0.2, -0.15) is 0 Å². The van der Waals surface area contributed by atoms with E-state index in [2.05, 4.69) is 0 Å². The zero-order valence-electron chi connectivity index (χ0n) is 11.6. The Morgan fingerprint density at radius 3 is 2.58 bits per heavy atom. The highest BCUT2D eigenvalue weighted by Gasteiger charge is 2.63. The highest BCUT2D eigenvalue weighted by molar-refractivity contribution is 5.99. The lowest BCUT2D eigenvalue weighted by molar-refractivity contribution is -0.153. The molecule has 1 aliphatic heterocycles. The number of hydrogen-bond acceptors (Lipinski definition) is 5. The van der Waals surface area contributed by atoms with E-state index in [9.17, 15) is 14.4 Å². The van der Waals surface area contributed by atoms with Crippen LogP contribution in [0.4, 0.5) is 0 Å². The number of carbonyl (C=O) groups is 3. The van der Waals surface area contributed by atoms with E-state index in [0.29, 0.717) is 18.3 Å². The molecule has 2 aliphatic rings. The van der Waals surface area contributed by atoms with Gasteiger partial charge in [-0.15, -0.1) is 0 Å². The zero-order chi connectivity index (χ0) is 14.4. The van der Waals surface area contributed by atoms with E-state index in [-0.39, 0.29) is 11.8 Å². The third kappa shape index (κ3) is 1.79. The Morgan fingerprint density at radius 2 is 2.11 bits per heavy atom. The van der Waals surface area contributed by atoms with E-state index in [1.54, 1.807) is 0 Å². The maximum atomic E-state index is 12.2. The topological polar surface area (TPSA) is 69.7 Å². The fourth-order valence-corrected chi connectivity index (χ4v) is 3.07. The van der Waals surface area contributed by atoms with Gasteiger partial charge in [-0.25, -0.2) is 0 Å². The van der Waals surface area contributed by atoms with E-state index >= 15 is 0 Å². The first-order chi connectivity index (χ1) is 8.77. The van der Waals surface area contributed by atoms with Gasteiger partial charge in [-0.05, 0) is 5.41 Å². The van der Waals surface area contributed by atoms with Crippen molar-refractivity contribution in [3.05, 3.63) is 11.1 Å². The highest BCUT2D eigenvalue weighted by Crippen LogP contribution is 2.55. The zero-order valence-corrected chi connectivity index (χ0v) is 11.6. The van der Waals surface area contributed by atoms with Crippen LogP contribution in [0.1, 0.15) is 33.6 Å². The lowest BCUT2D eigenvalue weighted by Crippen LogP contribution is -2.38. The van der Waals surface area contributed by atoms with Gasteiger partial charge in [0, 0.05) is 12.0 Å². The third-order valence-corrected chi connectivity index (χ3v) is 4.01. The predicted octanol–water partition coefficient (Wildman–Crippen LogP) is 1.41. The number of esters is 2. The molecule has 0 saturated carbocycles. The van der Waals surface area contributed by atoms with Gasteiger partial charge < -0.3 is 9.47 Å². The van der Waals surface area contributed by atoms with Crippen LogP contribution in [-0.4, -0.2) is 31.4 Å². The molecule has 104 valence electrons. The molecule has 19 heavy (non-hydrogen) atoms. The van der Waals surface area contributed by atoms with Gasteiger partial charge in [0.05, 0.1) is 13.5 Å². The van der Waals surface area contributed by atoms with E-state index in [1.165, 1.54) is 7.11 Å². The van der Waals surface area contributed by atoms with Gasteiger partial charge in [-0.1, -0.05) is 26.3 Å². The number of hydrogen-bond donors (Lipinski definition) is 0. The lowest BCUT2D eigenvalue weighted by atomic mass is 9.76. The number of ether oxygens (including phenoxy) is 2. The first-order valence-electron chi connectivity index (χ1n) is 6.24. The van der Waals surface area contributed by atoms with Crippen molar-refractivity contribution in [3.63, 3.8) is 0 Å². The van der Waals surface area contributed by atoms with Crippen molar-refractivity contribution in [2.24, 2.45) is 10.8 Å². The molecule has 1 fully saturated rings. The van der Waals surface area contributed by atoms with Crippen LogP contribution in [0.25, 0.3) is 0 Å². The summed E-state index contributed by atoms with van der Waals surface area (Å²) in [6.45, 7) is 5.92. The van der Waals surface area contributed by atoms with Gasteiger partial charge in [-0.3, -0.25) is 14.4 Å². The van der Waals surface area contributed by atoms with Crippen LogP contribution < -0.4 is 0 Å². The number of aldehydes is 1. The molecule has 0 bridgehead atoms. The molecule has 0 aromatic heterocycles. The molecule has 0 aromatic rings. The average molecular weight is 266 g/mol. The normalized spacial score (nSPS) is 30.1. The van der Waals surface area contributed by atoms with Crippen molar-refractivity contribution in [3.8, 4) is 0 Å². The SMILES string of the molecule is COC(=O)[C@]12CC(=O)O[C@H]1CC(C(C)(C)C)=C2C=O. The second-order valence-corrected chi connectivity index (χ2v) is 6.08. The molecular weight excluding hydrogens is 248 g/mol. The number of fused-ring (bicyclic) bond motifs is 1. The van der Waals surface area contributed by atoms with Crippen LogP contribution in [0.2, 0.25) is 0 Å². The molecule has 0 aromatic carbocycles. The molecule has 2 atom stereocenters. The molecule has 0 unspecified atom stereocenters. The number of carbonyl (C=O) groups excluding carboxylic acids is 3. The van der Waals surface area contributed by atoms with Crippen molar-refractivity contribution in [2.75, 3.05) is 7.11 Å². The molecule has 0 radical (unpaired) electrons. The molecule has 5 nitrogen and oxygen atoms in total. The standard InChI is InChI=1S/C14H18O5/c1-13(2,3)8-5-10-14(9(8)7-15,12(17)18-4)6-11(16)19-10/h7,10H,5-6H2,1-4H3/t10-,14-/m0/s1. The molecule has 1 heterocycles. The Labute approximate surface area is 111 Å². The molecule has 1 saturated heterocycles. The molecule has 0 spiro atoms. The van der Waals surface area contributed by atoms with Gasteiger partial charge in [0.2, 0.25) is 0 Å². The summed E-state index contributed by atoms with van der Waals surface area (Å²) in [5.74, 6) is -1.02. The summed E-state index contributed by atoms with van der Waals surface area (Å²) in [7, 11) is 1.26. The van der Waals surface area contributed by atoms with Gasteiger partial charge in [0.25, 0.3) is 0 Å². The predicted molar refractivity (Wildman–Crippen MR) is 66.1 cm³/mol. The fraction of sp³-hybridized carbons (Fsp3) is 0.643. The van der Waals surface area contributed by atoms with Crippen LogP contribution in [0.5, 0.6) is 0 Å². The minimum Gasteiger partial charge on any atom is -0.468 e. The summed E-state index contributed by atoms with van der Waals surface area (Å²) >= 11 is 0. The molecule has 2 rings (SSSR count). The van der Waals surface area contributed by atoms with Crippen LogP contribution in [-0.2, 0) is 23.9 Å². The Bertz CT molecular complexity index is 483. The van der Waals surface area contributed by atoms with Crippen LogP contribution >= 0.6 is 0 Å². The average Bonchev–Trinajstić information content (AvgIpc) is 2.78. The largest absolute Gasteiger partial charge is 0.468 e. The van der Waals surface area contributed by atoms with E-state index < -0.39 is 23.5 Å². The van der Waals surface area contributed by atoms with Crippen molar-refractivity contribution in [1.29, 1.82) is 0 Å². The highest BCUT2D eigenvalue weighted by atomic mass is 16.6. The van der Waals surface area contributed by atoms with Gasteiger partial charge in [0.15, 0.2) is 0 Å². The maximum Gasteiger partial charge on any atom is 0.320 e. The smallest absolute Gasteiger partial charge is 0.320 e. The number of methoxy groups -OCH3 is 1. The second-order valence-electron chi connectivity index (χ2n) is 6.08. The first-order valence-corrected chi connectivity index (χ1v) is 6.24. The Morgan fingerprint density at radius 1 is 1.47 bits per heavy atom. The quantitative estimate of drug-likeness (QED) is 0.558. The summed E-state index contributed by atoms with van der Waals surface area (Å²) in [4.78, 5) is 35.2. The third-order valence-electron chi connectivity index (χ3n) is 4.01. The molecule has 1 aliphatic carbocycles.